The van der Waals surface area contributed by atoms with Crippen LogP contribution < -0.4 is 10.1 Å². The van der Waals surface area contributed by atoms with Crippen LogP contribution in [0.3, 0.4) is 0 Å². The number of oxime groups is 1. The molecule has 0 aliphatic heterocycles. The van der Waals surface area contributed by atoms with Crippen LogP contribution in [0.2, 0.25) is 0 Å². The van der Waals surface area contributed by atoms with Crippen LogP contribution in [0.5, 0.6) is 5.75 Å². The summed E-state index contributed by atoms with van der Waals surface area (Å²) in [4.78, 5) is 31.5. The van der Waals surface area contributed by atoms with Gasteiger partial charge in [-0.15, -0.1) is 0 Å². The molecule has 2 aliphatic rings. The van der Waals surface area contributed by atoms with E-state index in [1.807, 2.05) is 25.1 Å². The maximum Gasteiger partial charge on any atom is 0.365 e. The normalized spacial score (nSPS) is 26.3. The Hall–Kier alpha value is -3.15. The van der Waals surface area contributed by atoms with Crippen molar-refractivity contribution in [3.05, 3.63) is 59.2 Å². The first-order valence-corrected chi connectivity index (χ1v) is 11.4. The van der Waals surface area contributed by atoms with Crippen LogP contribution in [-0.2, 0) is 9.63 Å². The number of rotatable bonds is 5. The summed E-state index contributed by atoms with van der Waals surface area (Å²) in [5.74, 6) is 0.145. The first kappa shape index (κ1) is 23.0. The number of nitrogens with one attached hydrogen (secondary N) is 1. The molecule has 1 amide bonds. The third-order valence-corrected chi connectivity index (χ3v) is 8.50. The van der Waals surface area contributed by atoms with Gasteiger partial charge in [0.15, 0.2) is 0 Å². The van der Waals surface area contributed by atoms with Gasteiger partial charge in [0.25, 0.3) is 0 Å². The molecular formula is C27H32N2O4. The smallest absolute Gasteiger partial charge is 0.365 e. The number of carbonyl (C=O) groups is 2. The van der Waals surface area contributed by atoms with Crippen molar-refractivity contribution >= 4 is 23.3 Å². The highest BCUT2D eigenvalue weighted by molar-refractivity contribution is 6.06. The predicted octanol–water partition coefficient (Wildman–Crippen LogP) is 5.68. The number of methoxy groups -OCH3 is 1. The van der Waals surface area contributed by atoms with E-state index in [0.717, 1.165) is 29.8 Å². The zero-order valence-electron chi connectivity index (χ0n) is 20.2. The van der Waals surface area contributed by atoms with E-state index in [9.17, 15) is 9.59 Å². The fraction of sp³-hybridized carbons (Fsp3) is 0.444. The predicted molar refractivity (Wildman–Crippen MR) is 129 cm³/mol. The van der Waals surface area contributed by atoms with Gasteiger partial charge >= 0.3 is 5.97 Å². The molecule has 174 valence electrons. The lowest BCUT2D eigenvalue weighted by Crippen LogP contribution is -2.43. The topological polar surface area (TPSA) is 77.0 Å². The zero-order chi connectivity index (χ0) is 24.0. The second-order valence-corrected chi connectivity index (χ2v) is 10.1. The number of amides is 1. The summed E-state index contributed by atoms with van der Waals surface area (Å²) in [5.41, 5.74) is 3.03. The zero-order valence-corrected chi connectivity index (χ0v) is 20.2. The molecule has 0 aromatic heterocycles. The second kappa shape index (κ2) is 8.01. The van der Waals surface area contributed by atoms with Gasteiger partial charge in [0.05, 0.1) is 23.8 Å². The van der Waals surface area contributed by atoms with Crippen molar-refractivity contribution in [3.63, 3.8) is 0 Å². The summed E-state index contributed by atoms with van der Waals surface area (Å²) < 4.78 is 5.13. The highest BCUT2D eigenvalue weighted by Gasteiger charge is 2.71. The molecule has 6 heteroatoms. The standard InChI is InChI=1S/C27H32N2O4/c1-17-7-10-20(15-18(17)2)28-24(31)27-14-13-26(5,25(27,3)4)22(16-27)29-33-23(30)19-8-11-21(32-6)12-9-19/h7-12,15H,13-14,16H2,1-6H3,(H,28,31). The first-order chi connectivity index (χ1) is 15.5. The minimum absolute atomic E-state index is 0.00570. The van der Waals surface area contributed by atoms with Crippen LogP contribution in [0.25, 0.3) is 0 Å². The molecule has 2 aromatic rings. The van der Waals surface area contributed by atoms with Crippen LogP contribution in [0.4, 0.5) is 5.69 Å². The van der Waals surface area contributed by atoms with E-state index in [4.69, 9.17) is 9.57 Å². The number of ether oxygens (including phenoxy) is 1. The van der Waals surface area contributed by atoms with E-state index >= 15 is 0 Å². The summed E-state index contributed by atoms with van der Waals surface area (Å²) in [7, 11) is 1.57. The molecule has 2 atom stereocenters. The van der Waals surface area contributed by atoms with Crippen LogP contribution in [-0.4, -0.2) is 24.7 Å². The van der Waals surface area contributed by atoms with Gasteiger partial charge in [0.1, 0.15) is 5.75 Å². The molecule has 2 saturated carbocycles. The Labute approximate surface area is 195 Å². The van der Waals surface area contributed by atoms with Gasteiger partial charge in [-0.2, -0.15) is 0 Å². The lowest BCUT2D eigenvalue weighted by molar-refractivity contribution is -0.130. The van der Waals surface area contributed by atoms with Crippen LogP contribution in [0.1, 0.15) is 61.5 Å². The Morgan fingerprint density at radius 2 is 1.67 bits per heavy atom. The quantitative estimate of drug-likeness (QED) is 0.472. The van der Waals surface area contributed by atoms with Crippen molar-refractivity contribution in [1.82, 2.24) is 0 Å². The average Bonchev–Trinajstić information content (AvgIpc) is 3.10. The molecule has 0 spiro atoms. The van der Waals surface area contributed by atoms with Gasteiger partial charge in [-0.1, -0.05) is 32.0 Å². The van der Waals surface area contributed by atoms with E-state index in [1.165, 1.54) is 5.56 Å². The van der Waals surface area contributed by atoms with Crippen molar-refractivity contribution in [3.8, 4) is 5.75 Å². The molecule has 0 saturated heterocycles. The molecule has 2 bridgehead atoms. The van der Waals surface area contributed by atoms with Crippen molar-refractivity contribution in [2.75, 3.05) is 12.4 Å². The number of hydrogen-bond donors (Lipinski definition) is 1. The number of anilines is 1. The number of hydrogen-bond acceptors (Lipinski definition) is 5. The molecule has 4 rings (SSSR count). The number of aryl methyl sites for hydroxylation is 2. The van der Waals surface area contributed by atoms with E-state index < -0.39 is 11.4 Å². The van der Waals surface area contributed by atoms with E-state index in [1.54, 1.807) is 31.4 Å². The molecule has 2 unspecified atom stereocenters. The molecule has 2 aliphatic carbocycles. The largest absolute Gasteiger partial charge is 0.497 e. The number of benzene rings is 2. The lowest BCUT2D eigenvalue weighted by Gasteiger charge is -2.39. The third kappa shape index (κ3) is 3.52. The molecule has 0 heterocycles. The van der Waals surface area contributed by atoms with Crippen LogP contribution in [0, 0.1) is 30.1 Å². The van der Waals surface area contributed by atoms with E-state index in [0.29, 0.717) is 17.7 Å². The highest BCUT2D eigenvalue weighted by Crippen LogP contribution is 2.71. The van der Waals surface area contributed by atoms with Gasteiger partial charge in [0.2, 0.25) is 5.91 Å². The Kier molecular flexibility index (Phi) is 5.59. The molecule has 33 heavy (non-hydrogen) atoms. The Morgan fingerprint density at radius 3 is 2.30 bits per heavy atom. The third-order valence-electron chi connectivity index (χ3n) is 8.50. The maximum atomic E-state index is 13.6. The number of carbonyl (C=O) groups excluding carboxylic acids is 2. The lowest BCUT2D eigenvalue weighted by atomic mass is 9.64. The summed E-state index contributed by atoms with van der Waals surface area (Å²) >= 11 is 0. The number of fused-ring (bicyclic) bond motifs is 2. The Morgan fingerprint density at radius 1 is 0.970 bits per heavy atom. The van der Waals surface area contributed by atoms with Crippen molar-refractivity contribution < 1.29 is 19.2 Å². The van der Waals surface area contributed by atoms with E-state index in [2.05, 4.69) is 38.2 Å². The highest BCUT2D eigenvalue weighted by atomic mass is 16.7. The monoisotopic (exact) mass is 448 g/mol. The minimum atomic E-state index is -0.605. The number of nitrogens with zero attached hydrogens (tertiary/aromatic N) is 1. The van der Waals surface area contributed by atoms with Gasteiger partial charge in [-0.3, -0.25) is 4.79 Å². The SMILES string of the molecule is COc1ccc(C(=O)ON=C2CC3(C(=O)Nc4ccc(C)c(C)c4)CCC2(C)C3(C)C)cc1. The maximum absolute atomic E-state index is 13.6. The van der Waals surface area contributed by atoms with Crippen LogP contribution >= 0.6 is 0 Å². The van der Waals surface area contributed by atoms with Gasteiger partial charge < -0.3 is 14.9 Å². The molecule has 6 nitrogen and oxygen atoms in total. The fourth-order valence-electron chi connectivity index (χ4n) is 5.47. The molecule has 2 fully saturated rings. The van der Waals surface area contributed by atoms with Crippen molar-refractivity contribution in [2.45, 2.75) is 53.9 Å². The van der Waals surface area contributed by atoms with Crippen molar-refractivity contribution in [1.29, 1.82) is 0 Å². The molecule has 0 radical (unpaired) electrons. The first-order valence-electron chi connectivity index (χ1n) is 11.4. The van der Waals surface area contributed by atoms with Crippen molar-refractivity contribution in [2.24, 2.45) is 21.4 Å². The molecule has 2 aromatic carbocycles. The van der Waals surface area contributed by atoms with Gasteiger partial charge in [0, 0.05) is 17.5 Å². The summed E-state index contributed by atoms with van der Waals surface area (Å²) in [5, 5.41) is 7.46. The van der Waals surface area contributed by atoms with E-state index in [-0.39, 0.29) is 16.7 Å². The summed E-state index contributed by atoms with van der Waals surface area (Å²) in [6.45, 7) is 10.5. The Balaban J connectivity index is 1.56. The van der Waals surface area contributed by atoms with Gasteiger partial charge in [-0.05, 0) is 79.6 Å². The molecule has 1 N–H and O–H groups in total. The average molecular weight is 449 g/mol. The minimum Gasteiger partial charge on any atom is -0.497 e. The Bertz CT molecular complexity index is 1140. The summed E-state index contributed by atoms with van der Waals surface area (Å²) in [6, 6.07) is 12.7. The molecular weight excluding hydrogens is 416 g/mol. The van der Waals surface area contributed by atoms with Gasteiger partial charge in [-0.25, -0.2) is 4.79 Å². The fourth-order valence-corrected chi connectivity index (χ4v) is 5.47. The second-order valence-electron chi connectivity index (χ2n) is 10.1. The van der Waals surface area contributed by atoms with Crippen LogP contribution in [0.15, 0.2) is 47.6 Å². The summed E-state index contributed by atoms with van der Waals surface area (Å²) in [6.07, 6.45) is 2.07.